The maximum atomic E-state index is 14.9. The molecule has 1 unspecified atom stereocenters. The fourth-order valence-corrected chi connectivity index (χ4v) is 7.34. The van der Waals surface area contributed by atoms with E-state index < -0.39 is 11.6 Å². The van der Waals surface area contributed by atoms with E-state index in [1.54, 1.807) is 0 Å². The van der Waals surface area contributed by atoms with Crippen LogP contribution in [0.2, 0.25) is 0 Å². The second-order valence-corrected chi connectivity index (χ2v) is 11.6. The zero-order valence-electron chi connectivity index (χ0n) is 21.5. The van der Waals surface area contributed by atoms with Crippen LogP contribution in [0.1, 0.15) is 114 Å². The fourth-order valence-electron chi connectivity index (χ4n) is 7.34. The molecule has 188 valence electrons. The van der Waals surface area contributed by atoms with E-state index in [9.17, 15) is 8.78 Å². The second-order valence-electron chi connectivity index (χ2n) is 11.6. The first-order valence-corrected chi connectivity index (χ1v) is 14.4. The molecule has 1 aromatic rings. The number of halogens is 2. The Kier molecular flexibility index (Phi) is 9.43. The van der Waals surface area contributed by atoms with Gasteiger partial charge in [-0.1, -0.05) is 44.1 Å². The Morgan fingerprint density at radius 3 is 2.06 bits per heavy atom. The van der Waals surface area contributed by atoms with Crippen LogP contribution in [0.3, 0.4) is 0 Å². The molecule has 0 heterocycles. The molecule has 0 radical (unpaired) electrons. The first-order chi connectivity index (χ1) is 16.6. The lowest BCUT2D eigenvalue weighted by Crippen LogP contribution is -2.28. The predicted octanol–water partition coefficient (Wildman–Crippen LogP) is 10.1. The third kappa shape index (κ3) is 6.21. The van der Waals surface area contributed by atoms with E-state index in [0.29, 0.717) is 17.5 Å². The Morgan fingerprint density at radius 2 is 1.47 bits per heavy atom. The van der Waals surface area contributed by atoms with Crippen molar-refractivity contribution >= 4 is 5.57 Å². The zero-order valence-corrected chi connectivity index (χ0v) is 21.5. The van der Waals surface area contributed by atoms with Crippen molar-refractivity contribution in [3.8, 4) is 0 Å². The van der Waals surface area contributed by atoms with Crippen LogP contribution in [0.5, 0.6) is 0 Å². The van der Waals surface area contributed by atoms with E-state index in [4.69, 9.17) is 0 Å². The van der Waals surface area contributed by atoms with Crippen LogP contribution in [0.4, 0.5) is 8.78 Å². The van der Waals surface area contributed by atoms with Gasteiger partial charge in [0.15, 0.2) is 11.6 Å². The van der Waals surface area contributed by atoms with Crippen molar-refractivity contribution < 1.29 is 8.78 Å². The van der Waals surface area contributed by atoms with Crippen molar-refractivity contribution in [2.75, 3.05) is 0 Å². The number of unbranched alkanes of at least 4 members (excludes halogenated alkanes) is 2. The molecule has 0 nitrogen and oxygen atoms in total. The minimum Gasteiger partial charge on any atom is -0.203 e. The van der Waals surface area contributed by atoms with E-state index in [2.05, 4.69) is 25.7 Å². The van der Waals surface area contributed by atoms with Gasteiger partial charge in [-0.2, -0.15) is 0 Å². The van der Waals surface area contributed by atoms with Gasteiger partial charge in [0.05, 0.1) is 0 Å². The van der Waals surface area contributed by atoms with Crippen LogP contribution in [0.15, 0.2) is 30.9 Å². The van der Waals surface area contributed by atoms with Crippen molar-refractivity contribution in [2.24, 2.45) is 29.6 Å². The molecule has 0 aromatic heterocycles. The van der Waals surface area contributed by atoms with Gasteiger partial charge in [-0.05, 0) is 131 Å². The van der Waals surface area contributed by atoms with Crippen molar-refractivity contribution in [1.29, 1.82) is 0 Å². The largest absolute Gasteiger partial charge is 0.203 e. The highest BCUT2D eigenvalue weighted by Crippen LogP contribution is 2.46. The van der Waals surface area contributed by atoms with Crippen LogP contribution >= 0.6 is 0 Å². The average molecular weight is 469 g/mol. The molecule has 2 heteroatoms. The summed E-state index contributed by atoms with van der Waals surface area (Å²) >= 11 is 0. The van der Waals surface area contributed by atoms with Crippen molar-refractivity contribution in [2.45, 2.75) is 110 Å². The molecule has 2 saturated carbocycles. The summed E-state index contributed by atoms with van der Waals surface area (Å²) in [5, 5.41) is 0. The van der Waals surface area contributed by atoms with Gasteiger partial charge in [0.25, 0.3) is 0 Å². The Bertz CT molecular complexity index is 822. The van der Waals surface area contributed by atoms with Gasteiger partial charge in [0, 0.05) is 5.56 Å². The summed E-state index contributed by atoms with van der Waals surface area (Å²) in [6.45, 7) is 6.05. The Labute approximate surface area is 207 Å². The topological polar surface area (TPSA) is 0 Å². The molecule has 34 heavy (non-hydrogen) atoms. The van der Waals surface area contributed by atoms with E-state index in [1.807, 2.05) is 12.1 Å². The third-order valence-corrected chi connectivity index (χ3v) is 9.55. The van der Waals surface area contributed by atoms with Gasteiger partial charge in [-0.15, -0.1) is 6.58 Å². The van der Waals surface area contributed by atoms with Crippen molar-refractivity contribution in [1.82, 2.24) is 0 Å². The Balaban J connectivity index is 1.27. The number of aryl methyl sites for hydroxylation is 1. The zero-order chi connectivity index (χ0) is 23.9. The van der Waals surface area contributed by atoms with E-state index in [-0.39, 0.29) is 0 Å². The van der Waals surface area contributed by atoms with Crippen molar-refractivity contribution in [3.63, 3.8) is 0 Å². The maximum absolute atomic E-state index is 14.9. The molecule has 0 amide bonds. The molecule has 3 aliphatic carbocycles. The molecule has 1 atom stereocenters. The monoisotopic (exact) mass is 468 g/mol. The molecule has 0 spiro atoms. The minimum atomic E-state index is -0.623. The molecular weight excluding hydrogens is 422 g/mol. The van der Waals surface area contributed by atoms with E-state index in [0.717, 1.165) is 73.7 Å². The van der Waals surface area contributed by atoms with Gasteiger partial charge < -0.3 is 0 Å². The summed E-state index contributed by atoms with van der Waals surface area (Å²) in [4.78, 5) is 0. The lowest BCUT2D eigenvalue weighted by Gasteiger charge is -2.40. The molecule has 0 N–H and O–H groups in total. The molecule has 1 aromatic carbocycles. The molecule has 4 rings (SSSR count). The number of rotatable bonds is 9. The highest BCUT2D eigenvalue weighted by molar-refractivity contribution is 5.67. The van der Waals surface area contributed by atoms with Gasteiger partial charge in [0.2, 0.25) is 0 Å². The summed E-state index contributed by atoms with van der Waals surface area (Å²) in [6.07, 6.45) is 23.6. The van der Waals surface area contributed by atoms with E-state index in [1.165, 1.54) is 57.8 Å². The predicted molar refractivity (Wildman–Crippen MR) is 141 cm³/mol. The highest BCUT2D eigenvalue weighted by atomic mass is 19.2. The quantitative estimate of drug-likeness (QED) is 0.250. The fraction of sp³-hybridized carbons (Fsp3) is 0.688. The smallest absolute Gasteiger partial charge is 0.166 e. The average Bonchev–Trinajstić information content (AvgIpc) is 2.88. The summed E-state index contributed by atoms with van der Waals surface area (Å²) in [6, 6.07) is 3.66. The minimum absolute atomic E-state index is 0.506. The first-order valence-electron chi connectivity index (χ1n) is 14.4. The summed E-state index contributed by atoms with van der Waals surface area (Å²) in [7, 11) is 0. The summed E-state index contributed by atoms with van der Waals surface area (Å²) < 4.78 is 29.5. The second kappa shape index (κ2) is 12.5. The van der Waals surface area contributed by atoms with Crippen LogP contribution in [0.25, 0.3) is 5.57 Å². The maximum Gasteiger partial charge on any atom is 0.166 e. The Hall–Kier alpha value is -1.44. The number of hydrogen-bond acceptors (Lipinski definition) is 0. The van der Waals surface area contributed by atoms with Gasteiger partial charge in [-0.25, -0.2) is 8.78 Å². The van der Waals surface area contributed by atoms with E-state index >= 15 is 0 Å². The van der Waals surface area contributed by atoms with Crippen LogP contribution < -0.4 is 0 Å². The molecule has 2 fully saturated rings. The summed E-state index contributed by atoms with van der Waals surface area (Å²) in [5.41, 5.74) is 2.07. The molecule has 3 aliphatic rings. The number of benzene rings is 1. The SMILES string of the molecule is C=CCC1CCC(C2CCC(C3CC=C(c4ccc(CCCCC)c(F)c4F)CC3)CC2)CC1. The van der Waals surface area contributed by atoms with Crippen LogP contribution in [-0.4, -0.2) is 0 Å². The molecular formula is C32H46F2. The summed E-state index contributed by atoms with van der Waals surface area (Å²) in [5.74, 6) is 3.12. The number of allylic oxidation sites excluding steroid dienone is 3. The highest BCUT2D eigenvalue weighted by Gasteiger charge is 2.33. The lowest BCUT2D eigenvalue weighted by molar-refractivity contribution is 0.123. The number of hydrogen-bond donors (Lipinski definition) is 0. The van der Waals surface area contributed by atoms with Crippen molar-refractivity contribution in [3.05, 3.63) is 53.6 Å². The molecule has 0 saturated heterocycles. The van der Waals surface area contributed by atoms with Gasteiger partial charge in [0.1, 0.15) is 0 Å². The van der Waals surface area contributed by atoms with Gasteiger partial charge >= 0.3 is 0 Å². The first kappa shape index (κ1) is 25.6. The van der Waals surface area contributed by atoms with Gasteiger partial charge in [-0.3, -0.25) is 0 Å². The molecule has 0 aliphatic heterocycles. The van der Waals surface area contributed by atoms with Crippen LogP contribution in [-0.2, 0) is 6.42 Å². The lowest BCUT2D eigenvalue weighted by atomic mass is 9.65. The normalized spacial score (nSPS) is 30.1. The third-order valence-electron chi connectivity index (χ3n) is 9.55. The molecule has 0 bridgehead atoms. The Morgan fingerprint density at radius 1 is 0.824 bits per heavy atom. The van der Waals surface area contributed by atoms with Crippen LogP contribution in [0, 0.1) is 41.2 Å². The standard InChI is InChI=1S/C32H46F2/c1-3-5-6-8-29-21-22-30(32(34)31(29)33)28-19-17-27(18-20-28)26-15-13-25(14-16-26)24-11-9-23(7-4-2)10-12-24/h4,19,21-27H,2-3,5-18,20H2,1H3.